The van der Waals surface area contributed by atoms with Crippen molar-refractivity contribution in [2.24, 2.45) is 5.92 Å². The Labute approximate surface area is 141 Å². The molecule has 0 radical (unpaired) electrons. The van der Waals surface area contributed by atoms with E-state index in [1.165, 1.54) is 6.07 Å². The third-order valence-electron chi connectivity index (χ3n) is 4.58. The standard InChI is InChI=1S/C19H24O5/c1-4-11(2)5-12(3)16(22)9-19(24)8-13-6-14(20)7-15(21)18(13)17(23)10-19/h5-7,11,20-21,24H,4,8-10H2,1-3H3. The number of carbonyl (C=O) groups excluding carboxylic acids is 2. The van der Waals surface area contributed by atoms with Gasteiger partial charge in [-0.3, -0.25) is 9.59 Å². The van der Waals surface area contributed by atoms with Crippen LogP contribution in [-0.4, -0.2) is 32.5 Å². The summed E-state index contributed by atoms with van der Waals surface area (Å²) in [5.74, 6) is -0.823. The number of allylic oxidation sites excluding steroid dienone is 2. The van der Waals surface area contributed by atoms with Crippen LogP contribution in [0.25, 0.3) is 0 Å². The molecule has 0 fully saturated rings. The van der Waals surface area contributed by atoms with Gasteiger partial charge >= 0.3 is 0 Å². The van der Waals surface area contributed by atoms with Crippen molar-refractivity contribution in [1.82, 2.24) is 0 Å². The minimum atomic E-state index is -1.49. The van der Waals surface area contributed by atoms with Crippen LogP contribution in [0.3, 0.4) is 0 Å². The van der Waals surface area contributed by atoms with E-state index < -0.39 is 11.4 Å². The predicted molar refractivity (Wildman–Crippen MR) is 90.2 cm³/mol. The van der Waals surface area contributed by atoms with Crippen LogP contribution in [0, 0.1) is 5.92 Å². The molecular weight excluding hydrogens is 308 g/mol. The maximum Gasteiger partial charge on any atom is 0.169 e. The van der Waals surface area contributed by atoms with E-state index in [0.717, 1.165) is 12.5 Å². The van der Waals surface area contributed by atoms with E-state index in [9.17, 15) is 24.9 Å². The van der Waals surface area contributed by atoms with E-state index in [4.69, 9.17) is 0 Å². The fourth-order valence-electron chi connectivity index (χ4n) is 3.14. The second kappa shape index (κ2) is 6.77. The van der Waals surface area contributed by atoms with Gasteiger partial charge in [0.05, 0.1) is 11.2 Å². The Hall–Kier alpha value is -2.14. The van der Waals surface area contributed by atoms with E-state index in [-0.39, 0.29) is 48.0 Å². The summed E-state index contributed by atoms with van der Waals surface area (Å²) in [5, 5.41) is 30.2. The lowest BCUT2D eigenvalue weighted by Crippen LogP contribution is -2.40. The van der Waals surface area contributed by atoms with E-state index in [0.29, 0.717) is 11.1 Å². The molecule has 5 heteroatoms. The third-order valence-corrected chi connectivity index (χ3v) is 4.58. The van der Waals surface area contributed by atoms with Crippen LogP contribution in [0.15, 0.2) is 23.8 Å². The molecule has 1 aliphatic rings. The number of carbonyl (C=O) groups is 2. The SMILES string of the molecule is CCC(C)C=C(C)C(=O)CC1(O)CC(=O)c2c(O)cc(O)cc2C1. The van der Waals surface area contributed by atoms with E-state index in [1.54, 1.807) is 6.92 Å². The highest BCUT2D eigenvalue weighted by molar-refractivity contribution is 6.03. The predicted octanol–water partition coefficient (Wildman–Crippen LogP) is 2.91. The molecule has 0 spiro atoms. The third kappa shape index (κ3) is 3.85. The topological polar surface area (TPSA) is 94.8 Å². The molecular formula is C19H24O5. The Morgan fingerprint density at radius 1 is 1.33 bits per heavy atom. The first-order valence-electron chi connectivity index (χ1n) is 8.17. The first-order valence-corrected chi connectivity index (χ1v) is 8.17. The molecule has 0 aromatic heterocycles. The molecule has 1 aromatic carbocycles. The van der Waals surface area contributed by atoms with Crippen LogP contribution in [0.1, 0.15) is 56.0 Å². The summed E-state index contributed by atoms with van der Waals surface area (Å²) in [5.41, 5.74) is -0.430. The van der Waals surface area contributed by atoms with Crippen molar-refractivity contribution in [2.45, 2.75) is 52.1 Å². The number of hydrogen-bond donors (Lipinski definition) is 3. The number of Topliss-reactive ketones (excluding diaryl/α,β-unsaturated/α-hetero) is 2. The van der Waals surface area contributed by atoms with Gasteiger partial charge in [0.1, 0.15) is 11.5 Å². The Balaban J connectivity index is 2.24. The summed E-state index contributed by atoms with van der Waals surface area (Å²) >= 11 is 0. The minimum Gasteiger partial charge on any atom is -0.508 e. The average Bonchev–Trinajstić information content (AvgIpc) is 2.44. The minimum absolute atomic E-state index is 0.0401. The lowest BCUT2D eigenvalue weighted by molar-refractivity contribution is -0.120. The van der Waals surface area contributed by atoms with Gasteiger partial charge in [0, 0.05) is 25.3 Å². The summed E-state index contributed by atoms with van der Waals surface area (Å²) in [6, 6.07) is 2.45. The number of aromatic hydroxyl groups is 2. The van der Waals surface area contributed by atoms with Gasteiger partial charge in [-0.05, 0) is 30.0 Å². The first-order chi connectivity index (χ1) is 11.1. The quantitative estimate of drug-likeness (QED) is 0.721. The van der Waals surface area contributed by atoms with Crippen LogP contribution in [0.4, 0.5) is 0 Å². The highest BCUT2D eigenvalue weighted by atomic mass is 16.3. The number of benzene rings is 1. The maximum atomic E-state index is 12.4. The van der Waals surface area contributed by atoms with Gasteiger partial charge in [-0.15, -0.1) is 0 Å². The molecule has 24 heavy (non-hydrogen) atoms. The van der Waals surface area contributed by atoms with Crippen LogP contribution in [-0.2, 0) is 11.2 Å². The lowest BCUT2D eigenvalue weighted by Gasteiger charge is -2.32. The number of phenolic OH excluding ortho intramolecular Hbond substituents is 2. The molecule has 130 valence electrons. The smallest absolute Gasteiger partial charge is 0.169 e. The first kappa shape index (κ1) is 18.2. The van der Waals surface area contributed by atoms with Crippen molar-refractivity contribution in [3.8, 4) is 11.5 Å². The molecule has 1 aromatic rings. The van der Waals surface area contributed by atoms with Gasteiger partial charge in [0.2, 0.25) is 0 Å². The van der Waals surface area contributed by atoms with Crippen molar-refractivity contribution in [3.05, 3.63) is 34.9 Å². The van der Waals surface area contributed by atoms with Gasteiger partial charge in [0.15, 0.2) is 11.6 Å². The Bertz CT molecular complexity index is 704. The molecule has 5 nitrogen and oxygen atoms in total. The summed E-state index contributed by atoms with van der Waals surface area (Å²) in [7, 11) is 0. The molecule has 0 amide bonds. The number of phenols is 2. The second-order valence-corrected chi connectivity index (χ2v) is 6.84. The zero-order chi connectivity index (χ0) is 18.1. The lowest BCUT2D eigenvalue weighted by atomic mass is 9.76. The van der Waals surface area contributed by atoms with E-state index in [1.807, 2.05) is 19.9 Å². The van der Waals surface area contributed by atoms with Crippen molar-refractivity contribution in [2.75, 3.05) is 0 Å². The number of aliphatic hydroxyl groups is 1. The molecule has 3 N–H and O–H groups in total. The molecule has 2 atom stereocenters. The van der Waals surface area contributed by atoms with Crippen molar-refractivity contribution in [3.63, 3.8) is 0 Å². The fraction of sp³-hybridized carbons (Fsp3) is 0.474. The van der Waals surface area contributed by atoms with Gasteiger partial charge in [-0.2, -0.15) is 0 Å². The molecule has 0 saturated heterocycles. The van der Waals surface area contributed by atoms with Gasteiger partial charge in [-0.1, -0.05) is 26.3 Å². The van der Waals surface area contributed by atoms with Crippen LogP contribution in [0.2, 0.25) is 0 Å². The highest BCUT2D eigenvalue weighted by Crippen LogP contribution is 2.38. The summed E-state index contributed by atoms with van der Waals surface area (Å²) < 4.78 is 0. The summed E-state index contributed by atoms with van der Waals surface area (Å²) in [4.78, 5) is 24.7. The molecule has 0 bridgehead atoms. The Morgan fingerprint density at radius 3 is 2.62 bits per heavy atom. The zero-order valence-electron chi connectivity index (χ0n) is 14.3. The number of fused-ring (bicyclic) bond motifs is 1. The molecule has 0 aliphatic heterocycles. The van der Waals surface area contributed by atoms with Crippen molar-refractivity contribution >= 4 is 11.6 Å². The van der Waals surface area contributed by atoms with Crippen LogP contribution in [0.5, 0.6) is 11.5 Å². The monoisotopic (exact) mass is 332 g/mol. The van der Waals surface area contributed by atoms with Gasteiger partial charge < -0.3 is 15.3 Å². The zero-order valence-corrected chi connectivity index (χ0v) is 14.3. The van der Waals surface area contributed by atoms with Gasteiger partial charge in [-0.25, -0.2) is 0 Å². The largest absolute Gasteiger partial charge is 0.508 e. The molecule has 0 saturated carbocycles. The summed E-state index contributed by atoms with van der Waals surface area (Å²) in [6.07, 6.45) is 2.45. The molecule has 1 aliphatic carbocycles. The van der Waals surface area contributed by atoms with Crippen LogP contribution >= 0.6 is 0 Å². The summed E-state index contributed by atoms with van der Waals surface area (Å²) in [6.45, 7) is 5.76. The molecule has 2 unspecified atom stereocenters. The van der Waals surface area contributed by atoms with Crippen molar-refractivity contribution < 1.29 is 24.9 Å². The number of hydrogen-bond acceptors (Lipinski definition) is 5. The average molecular weight is 332 g/mol. The van der Waals surface area contributed by atoms with E-state index >= 15 is 0 Å². The highest BCUT2D eigenvalue weighted by Gasteiger charge is 2.40. The normalized spacial score (nSPS) is 22.2. The second-order valence-electron chi connectivity index (χ2n) is 6.84. The fourth-order valence-corrected chi connectivity index (χ4v) is 3.14. The van der Waals surface area contributed by atoms with Crippen molar-refractivity contribution in [1.29, 1.82) is 0 Å². The maximum absolute atomic E-state index is 12.4. The van der Waals surface area contributed by atoms with E-state index in [2.05, 4.69) is 0 Å². The molecule has 2 rings (SSSR count). The number of ketones is 2. The Morgan fingerprint density at radius 2 is 2.00 bits per heavy atom. The number of rotatable bonds is 5. The molecule has 0 heterocycles. The Kier molecular flexibility index (Phi) is 5.13. The van der Waals surface area contributed by atoms with Gasteiger partial charge in [0.25, 0.3) is 0 Å². The van der Waals surface area contributed by atoms with Crippen LogP contribution < -0.4 is 0 Å².